The van der Waals surface area contributed by atoms with Gasteiger partial charge in [-0.15, -0.1) is 0 Å². The maximum Gasteiger partial charge on any atom is 0.310 e. The zero-order chi connectivity index (χ0) is 15.2. The Hall–Kier alpha value is -1.86. The molecule has 1 aliphatic heterocycles. The second kappa shape index (κ2) is 7.24. The molecular weight excluding hydrogens is 298 g/mol. The molecule has 0 atom stereocenters. The van der Waals surface area contributed by atoms with Crippen molar-refractivity contribution in [2.45, 2.75) is 6.42 Å². The van der Waals surface area contributed by atoms with Crippen LogP contribution >= 0.6 is 11.6 Å². The molecule has 1 heterocycles. The summed E-state index contributed by atoms with van der Waals surface area (Å²) < 4.78 is 5.18. The number of hydrogen-bond acceptors (Lipinski definition) is 5. The highest BCUT2D eigenvalue weighted by molar-refractivity contribution is 6.33. The van der Waals surface area contributed by atoms with Crippen molar-refractivity contribution in [2.75, 3.05) is 38.2 Å². The average Bonchev–Trinajstić information content (AvgIpc) is 2.47. The first-order chi connectivity index (χ1) is 10.1. The fourth-order valence-corrected chi connectivity index (χ4v) is 2.36. The van der Waals surface area contributed by atoms with Crippen molar-refractivity contribution >= 4 is 28.9 Å². The van der Waals surface area contributed by atoms with Crippen molar-refractivity contribution in [3.05, 3.63) is 33.3 Å². The first kappa shape index (κ1) is 15.5. The SMILES string of the molecule is O=C(CCNc1cccc(Cl)c1[N+](=O)[O-])N1CCOCC1. The summed E-state index contributed by atoms with van der Waals surface area (Å²) in [6, 6.07) is 4.66. The zero-order valence-electron chi connectivity index (χ0n) is 11.4. The highest BCUT2D eigenvalue weighted by Gasteiger charge is 2.19. The number of rotatable bonds is 5. The van der Waals surface area contributed by atoms with Gasteiger partial charge in [0.15, 0.2) is 0 Å². The number of halogens is 1. The number of para-hydroxylation sites is 1. The van der Waals surface area contributed by atoms with Crippen molar-refractivity contribution in [3.8, 4) is 0 Å². The largest absolute Gasteiger partial charge is 0.379 e. The number of hydrogen-bond donors (Lipinski definition) is 1. The van der Waals surface area contributed by atoms with Crippen LogP contribution in [0.1, 0.15) is 6.42 Å². The minimum Gasteiger partial charge on any atom is -0.379 e. The third-order valence-electron chi connectivity index (χ3n) is 3.19. The van der Waals surface area contributed by atoms with E-state index in [-0.39, 0.29) is 23.0 Å². The monoisotopic (exact) mass is 313 g/mol. The van der Waals surface area contributed by atoms with Crippen molar-refractivity contribution < 1.29 is 14.5 Å². The summed E-state index contributed by atoms with van der Waals surface area (Å²) in [5, 5.41) is 14.0. The molecule has 1 aromatic carbocycles. The van der Waals surface area contributed by atoms with Gasteiger partial charge in [-0.2, -0.15) is 0 Å². The quantitative estimate of drug-likeness (QED) is 0.663. The molecule has 0 aliphatic carbocycles. The fourth-order valence-electron chi connectivity index (χ4n) is 2.12. The van der Waals surface area contributed by atoms with E-state index in [0.29, 0.717) is 38.5 Å². The van der Waals surface area contributed by atoms with Gasteiger partial charge in [0.05, 0.1) is 18.1 Å². The van der Waals surface area contributed by atoms with Crippen LogP contribution in [0.5, 0.6) is 0 Å². The predicted octanol–water partition coefficient (Wildman–Crippen LogP) is 1.91. The Bertz CT molecular complexity index is 532. The van der Waals surface area contributed by atoms with Gasteiger partial charge < -0.3 is 15.0 Å². The lowest BCUT2D eigenvalue weighted by Crippen LogP contribution is -2.41. The third kappa shape index (κ3) is 4.05. The van der Waals surface area contributed by atoms with Gasteiger partial charge in [-0.1, -0.05) is 17.7 Å². The lowest BCUT2D eigenvalue weighted by molar-refractivity contribution is -0.383. The molecule has 7 nitrogen and oxygen atoms in total. The van der Waals surface area contributed by atoms with Crippen LogP contribution < -0.4 is 5.32 Å². The van der Waals surface area contributed by atoms with Gasteiger partial charge in [-0.25, -0.2) is 0 Å². The smallest absolute Gasteiger partial charge is 0.310 e. The molecule has 1 aromatic rings. The van der Waals surface area contributed by atoms with Crippen molar-refractivity contribution in [3.63, 3.8) is 0 Å². The molecular formula is C13H16ClN3O4. The first-order valence-electron chi connectivity index (χ1n) is 6.62. The van der Waals surface area contributed by atoms with Crippen LogP contribution in [-0.4, -0.2) is 48.6 Å². The maximum absolute atomic E-state index is 11.9. The van der Waals surface area contributed by atoms with Crippen molar-refractivity contribution in [1.82, 2.24) is 4.90 Å². The average molecular weight is 314 g/mol. The molecule has 0 radical (unpaired) electrons. The highest BCUT2D eigenvalue weighted by atomic mass is 35.5. The molecule has 21 heavy (non-hydrogen) atoms. The van der Waals surface area contributed by atoms with Gasteiger partial charge in [0.25, 0.3) is 0 Å². The Labute approximate surface area is 127 Å². The molecule has 2 rings (SSSR count). The normalized spacial score (nSPS) is 14.8. The summed E-state index contributed by atoms with van der Waals surface area (Å²) in [6.45, 7) is 2.61. The number of morpholine rings is 1. The third-order valence-corrected chi connectivity index (χ3v) is 3.49. The van der Waals surface area contributed by atoms with Crippen LogP contribution in [0.15, 0.2) is 18.2 Å². The zero-order valence-corrected chi connectivity index (χ0v) is 12.1. The number of nitro groups is 1. The topological polar surface area (TPSA) is 84.7 Å². The van der Waals surface area contributed by atoms with Crippen LogP contribution in [0.4, 0.5) is 11.4 Å². The Morgan fingerprint density at radius 1 is 1.43 bits per heavy atom. The number of amides is 1. The first-order valence-corrected chi connectivity index (χ1v) is 6.99. The molecule has 1 N–H and O–H groups in total. The Morgan fingerprint density at radius 2 is 2.14 bits per heavy atom. The second-order valence-corrected chi connectivity index (χ2v) is 4.97. The number of carbonyl (C=O) groups excluding carboxylic acids is 1. The minimum absolute atomic E-state index is 0.00970. The fraction of sp³-hybridized carbons (Fsp3) is 0.462. The molecule has 0 bridgehead atoms. The van der Waals surface area contributed by atoms with E-state index in [0.717, 1.165) is 0 Å². The lowest BCUT2D eigenvalue weighted by Gasteiger charge is -2.26. The summed E-state index contributed by atoms with van der Waals surface area (Å²) in [5.74, 6) is 0.00970. The highest BCUT2D eigenvalue weighted by Crippen LogP contribution is 2.32. The van der Waals surface area contributed by atoms with Crippen molar-refractivity contribution in [2.24, 2.45) is 0 Å². The summed E-state index contributed by atoms with van der Waals surface area (Å²) in [4.78, 5) is 24.1. The molecule has 0 saturated carbocycles. The summed E-state index contributed by atoms with van der Waals surface area (Å²) in [5.41, 5.74) is 0.153. The Morgan fingerprint density at radius 3 is 2.81 bits per heavy atom. The molecule has 0 spiro atoms. The summed E-state index contributed by atoms with van der Waals surface area (Å²) in [6.07, 6.45) is 0.268. The standard InChI is InChI=1S/C13H16ClN3O4/c14-10-2-1-3-11(13(10)17(19)20)15-5-4-12(18)16-6-8-21-9-7-16/h1-3,15H,4-9H2. The molecule has 1 amide bonds. The van der Waals surface area contributed by atoms with Gasteiger partial charge in [-0.3, -0.25) is 14.9 Å². The minimum atomic E-state index is -0.533. The van der Waals surface area contributed by atoms with Gasteiger partial charge in [-0.05, 0) is 12.1 Å². The van der Waals surface area contributed by atoms with Crippen LogP contribution in [0, 0.1) is 10.1 Å². The van der Waals surface area contributed by atoms with E-state index >= 15 is 0 Å². The number of ether oxygens (including phenoxy) is 1. The Balaban J connectivity index is 1.90. The number of carbonyl (C=O) groups is 1. The van der Waals surface area contributed by atoms with Crippen LogP contribution in [0.2, 0.25) is 5.02 Å². The van der Waals surface area contributed by atoms with E-state index in [9.17, 15) is 14.9 Å². The molecule has 1 saturated heterocycles. The van der Waals surface area contributed by atoms with Crippen LogP contribution in [0.25, 0.3) is 0 Å². The molecule has 1 fully saturated rings. The second-order valence-electron chi connectivity index (χ2n) is 4.56. The van der Waals surface area contributed by atoms with Gasteiger partial charge in [0, 0.05) is 26.1 Å². The molecule has 114 valence electrons. The van der Waals surface area contributed by atoms with Crippen LogP contribution in [0.3, 0.4) is 0 Å². The van der Waals surface area contributed by atoms with Gasteiger partial charge in [0.1, 0.15) is 10.7 Å². The lowest BCUT2D eigenvalue weighted by atomic mass is 10.2. The van der Waals surface area contributed by atoms with E-state index in [1.165, 1.54) is 6.07 Å². The van der Waals surface area contributed by atoms with E-state index in [2.05, 4.69) is 5.32 Å². The molecule has 0 unspecified atom stereocenters. The summed E-state index contributed by atoms with van der Waals surface area (Å²) >= 11 is 5.82. The molecule has 1 aliphatic rings. The maximum atomic E-state index is 11.9. The van der Waals surface area contributed by atoms with Crippen molar-refractivity contribution in [1.29, 1.82) is 0 Å². The Kier molecular flexibility index (Phi) is 5.35. The molecule has 0 aromatic heterocycles. The number of nitrogens with zero attached hydrogens (tertiary/aromatic N) is 2. The summed E-state index contributed by atoms with van der Waals surface area (Å²) in [7, 11) is 0. The number of benzene rings is 1. The number of nitro benzene ring substituents is 1. The van der Waals surface area contributed by atoms with E-state index in [1.807, 2.05) is 0 Å². The van der Waals surface area contributed by atoms with Crippen LogP contribution in [-0.2, 0) is 9.53 Å². The predicted molar refractivity (Wildman–Crippen MR) is 78.6 cm³/mol. The number of nitrogens with one attached hydrogen (secondary N) is 1. The van der Waals surface area contributed by atoms with E-state index in [4.69, 9.17) is 16.3 Å². The van der Waals surface area contributed by atoms with Gasteiger partial charge >= 0.3 is 5.69 Å². The van der Waals surface area contributed by atoms with E-state index < -0.39 is 4.92 Å². The van der Waals surface area contributed by atoms with Gasteiger partial charge in [0.2, 0.25) is 5.91 Å². The van der Waals surface area contributed by atoms with E-state index in [1.54, 1.807) is 17.0 Å². The molecule has 8 heteroatoms. The number of anilines is 1.